The van der Waals surface area contributed by atoms with Gasteiger partial charge in [0.05, 0.1) is 6.61 Å². The first-order valence-corrected chi connectivity index (χ1v) is 12.2. The molecule has 0 bridgehead atoms. The van der Waals surface area contributed by atoms with Gasteiger partial charge in [0.15, 0.2) is 0 Å². The Bertz CT molecular complexity index is 973. The maximum absolute atomic E-state index is 9.47. The fourth-order valence-electron chi connectivity index (χ4n) is 4.24. The number of rotatable bonds is 12. The molecule has 0 saturated heterocycles. The minimum Gasteiger partial charge on any atom is -0.489 e. The number of hydrogen-bond acceptors (Lipinski definition) is 2. The lowest BCUT2D eigenvalue weighted by atomic mass is 9.92. The van der Waals surface area contributed by atoms with E-state index >= 15 is 0 Å². The van der Waals surface area contributed by atoms with E-state index < -0.39 is 0 Å². The summed E-state index contributed by atoms with van der Waals surface area (Å²) >= 11 is 0. The Morgan fingerprint density at radius 2 is 1.28 bits per heavy atom. The van der Waals surface area contributed by atoms with Crippen molar-refractivity contribution in [3.63, 3.8) is 0 Å². The number of aliphatic hydroxyl groups excluding tert-OH is 1. The fraction of sp³-hybridized carbons (Fsp3) is 0.400. The second-order valence-electron chi connectivity index (χ2n) is 8.59. The van der Waals surface area contributed by atoms with Crippen molar-refractivity contribution in [3.8, 4) is 16.9 Å². The van der Waals surface area contributed by atoms with Crippen LogP contribution < -0.4 is 4.74 Å². The van der Waals surface area contributed by atoms with Crippen LogP contribution in [0.1, 0.15) is 74.3 Å². The molecular formula is C30H38O2. The molecule has 0 fully saturated rings. The van der Waals surface area contributed by atoms with Crippen LogP contribution in [-0.2, 0) is 32.5 Å². The van der Waals surface area contributed by atoms with Crippen molar-refractivity contribution >= 4 is 0 Å². The molecule has 0 unspecified atom stereocenters. The molecule has 3 aromatic carbocycles. The summed E-state index contributed by atoms with van der Waals surface area (Å²) in [6, 6.07) is 21.6. The molecule has 0 aromatic heterocycles. The van der Waals surface area contributed by atoms with Crippen LogP contribution in [0.3, 0.4) is 0 Å². The van der Waals surface area contributed by atoms with Gasteiger partial charge in [0.25, 0.3) is 0 Å². The molecule has 0 amide bonds. The third-order valence-corrected chi connectivity index (χ3v) is 6.23. The number of hydrogen-bond donors (Lipinski definition) is 1. The molecule has 170 valence electrons. The van der Waals surface area contributed by atoms with Crippen molar-refractivity contribution in [1.82, 2.24) is 0 Å². The van der Waals surface area contributed by atoms with Crippen molar-refractivity contribution in [2.75, 3.05) is 0 Å². The number of aliphatic hydroxyl groups is 1. The van der Waals surface area contributed by atoms with Gasteiger partial charge in [0, 0.05) is 0 Å². The molecule has 32 heavy (non-hydrogen) atoms. The molecular weight excluding hydrogens is 392 g/mol. The number of aryl methyl sites for hydroxylation is 3. The lowest BCUT2D eigenvalue weighted by molar-refractivity contribution is 0.282. The number of unbranched alkanes of at least 4 members (excludes halogenated alkanes) is 3. The van der Waals surface area contributed by atoms with Crippen LogP contribution >= 0.6 is 0 Å². The average molecular weight is 431 g/mol. The van der Waals surface area contributed by atoms with Crippen LogP contribution in [0.2, 0.25) is 0 Å². The maximum atomic E-state index is 9.47. The number of benzene rings is 3. The molecule has 0 atom stereocenters. The Morgan fingerprint density at radius 1 is 0.656 bits per heavy atom. The first kappa shape index (κ1) is 24.1. The standard InChI is InChI=1S/C30H38O2/c1-4-7-8-9-10-23-11-13-24(14-12-23)22-32-28-16-18-30(27(6-3)20-28)29-17-15-25(21-31)19-26(29)5-2/h11-20,31H,4-10,21-22H2,1-3H3. The molecule has 0 aliphatic rings. The fourth-order valence-corrected chi connectivity index (χ4v) is 4.24. The van der Waals surface area contributed by atoms with Gasteiger partial charge in [0.1, 0.15) is 12.4 Å². The molecule has 0 spiro atoms. The van der Waals surface area contributed by atoms with Crippen molar-refractivity contribution in [2.24, 2.45) is 0 Å². The summed E-state index contributed by atoms with van der Waals surface area (Å²) in [6.45, 7) is 7.28. The predicted molar refractivity (Wildman–Crippen MR) is 135 cm³/mol. The monoisotopic (exact) mass is 430 g/mol. The Balaban J connectivity index is 1.66. The van der Waals surface area contributed by atoms with Crippen molar-refractivity contribution in [2.45, 2.75) is 78.9 Å². The van der Waals surface area contributed by atoms with E-state index in [4.69, 9.17) is 4.74 Å². The van der Waals surface area contributed by atoms with Crippen LogP contribution in [0.4, 0.5) is 0 Å². The first-order valence-electron chi connectivity index (χ1n) is 12.2. The quantitative estimate of drug-likeness (QED) is 0.299. The third-order valence-electron chi connectivity index (χ3n) is 6.23. The molecule has 0 heterocycles. The number of ether oxygens (including phenoxy) is 1. The highest BCUT2D eigenvalue weighted by molar-refractivity contribution is 5.72. The lowest BCUT2D eigenvalue weighted by Gasteiger charge is -2.15. The van der Waals surface area contributed by atoms with E-state index in [2.05, 4.69) is 75.4 Å². The SMILES string of the molecule is CCCCCCc1ccc(COc2ccc(-c3ccc(CO)cc3CC)c(CC)c2)cc1. The molecule has 1 N–H and O–H groups in total. The van der Waals surface area contributed by atoms with Crippen LogP contribution in [0.25, 0.3) is 11.1 Å². The zero-order chi connectivity index (χ0) is 22.8. The average Bonchev–Trinajstić information content (AvgIpc) is 2.85. The Hall–Kier alpha value is -2.58. The predicted octanol–water partition coefficient (Wildman–Crippen LogP) is 7.67. The van der Waals surface area contributed by atoms with Gasteiger partial charge in [-0.05, 0) is 76.8 Å². The van der Waals surface area contributed by atoms with Gasteiger partial charge < -0.3 is 9.84 Å². The van der Waals surface area contributed by atoms with E-state index in [9.17, 15) is 5.11 Å². The van der Waals surface area contributed by atoms with Gasteiger partial charge in [-0.3, -0.25) is 0 Å². The molecule has 0 aliphatic heterocycles. The Labute approximate surface area is 194 Å². The zero-order valence-electron chi connectivity index (χ0n) is 20.0. The van der Waals surface area contributed by atoms with Gasteiger partial charge in [-0.15, -0.1) is 0 Å². The van der Waals surface area contributed by atoms with Gasteiger partial charge >= 0.3 is 0 Å². The topological polar surface area (TPSA) is 29.5 Å². The van der Waals surface area contributed by atoms with Gasteiger partial charge in [-0.2, -0.15) is 0 Å². The maximum Gasteiger partial charge on any atom is 0.120 e. The van der Waals surface area contributed by atoms with Gasteiger partial charge in [-0.25, -0.2) is 0 Å². The van der Waals surface area contributed by atoms with E-state index in [-0.39, 0.29) is 6.61 Å². The van der Waals surface area contributed by atoms with Crippen molar-refractivity contribution in [1.29, 1.82) is 0 Å². The second-order valence-corrected chi connectivity index (χ2v) is 8.59. The normalized spacial score (nSPS) is 11.0. The van der Waals surface area contributed by atoms with E-state index in [1.165, 1.54) is 65.5 Å². The molecule has 2 nitrogen and oxygen atoms in total. The summed E-state index contributed by atoms with van der Waals surface area (Å²) in [5, 5.41) is 9.47. The van der Waals surface area contributed by atoms with Crippen molar-refractivity contribution < 1.29 is 9.84 Å². The molecule has 2 heteroatoms. The van der Waals surface area contributed by atoms with E-state index in [0.717, 1.165) is 24.2 Å². The minimum absolute atomic E-state index is 0.0839. The highest BCUT2D eigenvalue weighted by Crippen LogP contribution is 2.32. The van der Waals surface area contributed by atoms with Crippen LogP contribution in [0, 0.1) is 0 Å². The summed E-state index contributed by atoms with van der Waals surface area (Å²) in [7, 11) is 0. The summed E-state index contributed by atoms with van der Waals surface area (Å²) < 4.78 is 6.14. The van der Waals surface area contributed by atoms with Gasteiger partial charge in [0.2, 0.25) is 0 Å². The smallest absolute Gasteiger partial charge is 0.120 e. The van der Waals surface area contributed by atoms with E-state index in [1.807, 2.05) is 6.07 Å². The lowest BCUT2D eigenvalue weighted by Crippen LogP contribution is -1.99. The van der Waals surface area contributed by atoms with Crippen LogP contribution in [0.15, 0.2) is 60.7 Å². The Kier molecular flexibility index (Phi) is 9.37. The second kappa shape index (κ2) is 12.5. The van der Waals surface area contributed by atoms with Crippen LogP contribution in [0.5, 0.6) is 5.75 Å². The summed E-state index contributed by atoms with van der Waals surface area (Å²) in [5.74, 6) is 0.916. The summed E-state index contributed by atoms with van der Waals surface area (Å²) in [6.07, 6.45) is 8.27. The summed E-state index contributed by atoms with van der Waals surface area (Å²) in [4.78, 5) is 0. The van der Waals surface area contributed by atoms with Gasteiger partial charge in [-0.1, -0.05) is 88.6 Å². The third kappa shape index (κ3) is 6.46. The first-order chi connectivity index (χ1) is 15.7. The molecule has 3 aromatic rings. The molecule has 0 saturated carbocycles. The highest BCUT2D eigenvalue weighted by Gasteiger charge is 2.10. The van der Waals surface area contributed by atoms with Crippen LogP contribution in [-0.4, -0.2) is 5.11 Å². The summed E-state index contributed by atoms with van der Waals surface area (Å²) in [5.41, 5.74) is 8.66. The van der Waals surface area contributed by atoms with Crippen molar-refractivity contribution in [3.05, 3.63) is 88.5 Å². The Morgan fingerprint density at radius 3 is 1.94 bits per heavy atom. The molecule has 3 rings (SSSR count). The highest BCUT2D eigenvalue weighted by atomic mass is 16.5. The molecule has 0 aliphatic carbocycles. The minimum atomic E-state index is 0.0839. The van der Waals surface area contributed by atoms with E-state index in [0.29, 0.717) is 6.61 Å². The largest absolute Gasteiger partial charge is 0.489 e. The van der Waals surface area contributed by atoms with E-state index in [1.54, 1.807) is 0 Å². The zero-order valence-corrected chi connectivity index (χ0v) is 20.0. The molecule has 0 radical (unpaired) electrons.